The highest BCUT2D eigenvalue weighted by Crippen LogP contribution is 2.17. The number of carbonyl (C=O) groups excluding carboxylic acids is 1. The summed E-state index contributed by atoms with van der Waals surface area (Å²) in [6, 6.07) is -0.939. The van der Waals surface area contributed by atoms with E-state index in [-0.39, 0.29) is 19.4 Å². The molecule has 1 saturated carbocycles. The van der Waals surface area contributed by atoms with Gasteiger partial charge in [-0.25, -0.2) is 0 Å². The lowest BCUT2D eigenvalue weighted by Gasteiger charge is -2.24. The van der Waals surface area contributed by atoms with Crippen LogP contribution in [0.3, 0.4) is 0 Å². The predicted molar refractivity (Wildman–Crippen MR) is 97.8 cm³/mol. The molecule has 1 aliphatic carbocycles. The smallest absolute Gasteiger partial charge is 0.320 e. The molecule has 1 rings (SSSR count). The van der Waals surface area contributed by atoms with Crippen molar-refractivity contribution < 1.29 is 34.5 Å². The Bertz CT molecular complexity index is 468. The molecule has 0 aromatic heterocycles. The Balaban J connectivity index is 0. The maximum atomic E-state index is 10.5. The Morgan fingerprint density at radius 1 is 1.04 bits per heavy atom. The molecule has 0 bridgehead atoms. The largest absolute Gasteiger partial charge is 0.480 e. The first kappa shape index (κ1) is 27.0. The number of hydrogen-bond acceptors (Lipinski definition) is 7. The number of nitrogens with two attached hydrogens (primary N) is 3. The van der Waals surface area contributed by atoms with Crippen LogP contribution in [-0.2, 0) is 19.2 Å². The second-order valence-corrected chi connectivity index (χ2v) is 6.11. The number of carboxylic acids is 3. The predicted octanol–water partition coefficient (Wildman–Crippen LogP) is -0.925. The fourth-order valence-corrected chi connectivity index (χ4v) is 2.12. The van der Waals surface area contributed by atoms with Gasteiger partial charge in [0.2, 0.25) is 5.91 Å². The van der Waals surface area contributed by atoms with E-state index in [9.17, 15) is 19.2 Å². The van der Waals surface area contributed by atoms with Crippen LogP contribution in [0.4, 0.5) is 0 Å². The van der Waals surface area contributed by atoms with Crippen LogP contribution < -0.4 is 22.5 Å². The first-order valence-electron chi connectivity index (χ1n) is 8.68. The normalized spacial score (nSPS) is 15.8. The minimum Gasteiger partial charge on any atom is -0.480 e. The topological polar surface area (TPSA) is 219 Å². The zero-order valence-corrected chi connectivity index (χ0v) is 15.6. The van der Waals surface area contributed by atoms with Gasteiger partial charge in [0, 0.05) is 12.5 Å². The van der Waals surface area contributed by atoms with Gasteiger partial charge in [-0.1, -0.05) is 19.3 Å². The molecule has 10 N–H and O–H groups in total. The van der Waals surface area contributed by atoms with Crippen LogP contribution in [0.15, 0.2) is 0 Å². The van der Waals surface area contributed by atoms with Crippen molar-refractivity contribution in [1.82, 2.24) is 5.32 Å². The van der Waals surface area contributed by atoms with Gasteiger partial charge in [0.1, 0.15) is 12.1 Å². The van der Waals surface area contributed by atoms with Crippen LogP contribution in [0.25, 0.3) is 0 Å². The van der Waals surface area contributed by atoms with Gasteiger partial charge in [0.05, 0.1) is 6.54 Å². The molecular formula is C16H32N4O7. The highest BCUT2D eigenvalue weighted by atomic mass is 16.4. The Labute approximate surface area is 158 Å². The third-order valence-corrected chi connectivity index (χ3v) is 3.65. The van der Waals surface area contributed by atoms with E-state index >= 15 is 0 Å². The number of carbonyl (C=O) groups is 4. The van der Waals surface area contributed by atoms with Crippen LogP contribution in [0, 0.1) is 0 Å². The molecule has 0 spiro atoms. The Morgan fingerprint density at radius 3 is 1.85 bits per heavy atom. The molecule has 0 saturated heterocycles. The van der Waals surface area contributed by atoms with Gasteiger partial charge in [-0.3, -0.25) is 19.2 Å². The summed E-state index contributed by atoms with van der Waals surface area (Å²) in [5.41, 5.74) is 14.4. The fourth-order valence-electron chi connectivity index (χ4n) is 2.12. The zero-order valence-electron chi connectivity index (χ0n) is 15.6. The van der Waals surface area contributed by atoms with Crippen molar-refractivity contribution in [1.29, 1.82) is 0 Å². The molecule has 0 heterocycles. The molecule has 1 aliphatic rings. The quantitative estimate of drug-likeness (QED) is 0.269. The molecule has 0 radical (unpaired) electrons. The standard InChI is InChI=1S/C9H17NO2.C5H10N2O3.C2H5NO2/c1-7(9(11)12)10-8-5-3-2-4-6-8;6-3(5(9)10)1-2-4(7)8;3-1-2(4)5/h7-8,10H,2-6H2,1H3,(H,11,12);3H,1-2,6H2,(H2,7,8)(H,9,10);1,3H2,(H,4,5)/t7-;3-;/m00./s1. The molecule has 11 heteroatoms. The van der Waals surface area contributed by atoms with E-state index in [2.05, 4.69) is 11.1 Å². The van der Waals surface area contributed by atoms with Crippen molar-refractivity contribution in [3.63, 3.8) is 0 Å². The number of carboxylic acid groups (broad SMARTS) is 3. The van der Waals surface area contributed by atoms with Crippen molar-refractivity contribution >= 4 is 23.8 Å². The van der Waals surface area contributed by atoms with E-state index in [1.54, 1.807) is 6.92 Å². The van der Waals surface area contributed by atoms with Gasteiger partial charge in [0.15, 0.2) is 0 Å². The van der Waals surface area contributed by atoms with Crippen LogP contribution in [-0.4, -0.2) is 63.8 Å². The van der Waals surface area contributed by atoms with Gasteiger partial charge < -0.3 is 37.8 Å². The molecule has 1 fully saturated rings. The minimum absolute atomic E-state index is 0.0213. The highest BCUT2D eigenvalue weighted by Gasteiger charge is 2.18. The number of aliphatic carboxylic acids is 3. The van der Waals surface area contributed by atoms with Crippen LogP contribution in [0.5, 0.6) is 0 Å². The van der Waals surface area contributed by atoms with E-state index in [1.807, 2.05) is 0 Å². The summed E-state index contributed by atoms with van der Waals surface area (Å²) in [7, 11) is 0. The van der Waals surface area contributed by atoms with Crippen LogP contribution >= 0.6 is 0 Å². The van der Waals surface area contributed by atoms with E-state index in [0.29, 0.717) is 6.04 Å². The van der Waals surface area contributed by atoms with Crippen LogP contribution in [0.1, 0.15) is 51.9 Å². The molecule has 11 nitrogen and oxygen atoms in total. The van der Waals surface area contributed by atoms with Crippen molar-refractivity contribution in [2.75, 3.05) is 6.54 Å². The number of hydrogen-bond donors (Lipinski definition) is 7. The second kappa shape index (κ2) is 16.0. The third kappa shape index (κ3) is 18.4. The average Bonchev–Trinajstić information content (AvgIpc) is 2.61. The monoisotopic (exact) mass is 392 g/mol. The van der Waals surface area contributed by atoms with Crippen molar-refractivity contribution in [3.8, 4) is 0 Å². The maximum Gasteiger partial charge on any atom is 0.320 e. The number of rotatable bonds is 8. The molecule has 0 aromatic carbocycles. The summed E-state index contributed by atoms with van der Waals surface area (Å²) in [4.78, 5) is 39.9. The minimum atomic E-state index is -1.11. The van der Waals surface area contributed by atoms with E-state index in [4.69, 9.17) is 26.8 Å². The lowest BCUT2D eigenvalue weighted by Crippen LogP contribution is -2.42. The summed E-state index contributed by atoms with van der Waals surface area (Å²) in [6.45, 7) is 1.43. The molecule has 0 unspecified atom stereocenters. The molecule has 158 valence electrons. The zero-order chi connectivity index (χ0) is 21.4. The maximum absolute atomic E-state index is 10.5. The lowest BCUT2D eigenvalue weighted by atomic mass is 9.95. The first-order valence-corrected chi connectivity index (χ1v) is 8.68. The molecule has 27 heavy (non-hydrogen) atoms. The molecular weight excluding hydrogens is 360 g/mol. The van der Waals surface area contributed by atoms with Gasteiger partial charge in [-0.15, -0.1) is 0 Å². The summed E-state index contributed by atoms with van der Waals surface area (Å²) < 4.78 is 0. The Hall–Kier alpha value is -2.24. The van der Waals surface area contributed by atoms with Gasteiger partial charge >= 0.3 is 17.9 Å². The number of amides is 1. The molecule has 2 atom stereocenters. The second-order valence-electron chi connectivity index (χ2n) is 6.11. The summed E-state index contributed by atoms with van der Waals surface area (Å²) >= 11 is 0. The molecule has 0 aromatic rings. The summed E-state index contributed by atoms with van der Waals surface area (Å²) in [5, 5.41) is 27.6. The number of nitrogens with one attached hydrogen (secondary N) is 1. The summed E-state index contributed by atoms with van der Waals surface area (Å²) in [6.07, 6.45) is 6.18. The van der Waals surface area contributed by atoms with E-state index in [1.165, 1.54) is 19.3 Å². The Morgan fingerprint density at radius 2 is 1.52 bits per heavy atom. The molecule has 1 amide bonds. The average molecular weight is 392 g/mol. The lowest BCUT2D eigenvalue weighted by molar-refractivity contribution is -0.140. The first-order chi connectivity index (χ1) is 12.5. The Kier molecular flexibility index (Phi) is 16.0. The SMILES string of the molecule is C[C@H](NC1CCCCC1)C(=O)O.NC(=O)CC[C@H](N)C(=O)O.NCC(=O)O. The van der Waals surface area contributed by atoms with Gasteiger partial charge in [-0.2, -0.15) is 0 Å². The van der Waals surface area contributed by atoms with Gasteiger partial charge in [0.25, 0.3) is 0 Å². The van der Waals surface area contributed by atoms with Crippen molar-refractivity contribution in [3.05, 3.63) is 0 Å². The highest BCUT2D eigenvalue weighted by molar-refractivity contribution is 5.77. The summed E-state index contributed by atoms with van der Waals surface area (Å²) in [5.74, 6) is -3.36. The third-order valence-electron chi connectivity index (χ3n) is 3.65. The van der Waals surface area contributed by atoms with E-state index in [0.717, 1.165) is 12.8 Å². The van der Waals surface area contributed by atoms with Gasteiger partial charge in [-0.05, 0) is 26.2 Å². The van der Waals surface area contributed by atoms with Crippen LogP contribution in [0.2, 0.25) is 0 Å². The van der Waals surface area contributed by atoms with Crippen molar-refractivity contribution in [2.24, 2.45) is 17.2 Å². The number of primary amides is 1. The fraction of sp³-hybridized carbons (Fsp3) is 0.750. The van der Waals surface area contributed by atoms with Crippen molar-refractivity contribution in [2.45, 2.75) is 70.0 Å². The van der Waals surface area contributed by atoms with E-state index < -0.39 is 35.9 Å². The molecule has 0 aliphatic heterocycles.